The van der Waals surface area contributed by atoms with Gasteiger partial charge in [-0.1, -0.05) is 27.7 Å². The minimum absolute atomic E-state index is 0.0412. The van der Waals surface area contributed by atoms with Crippen LogP contribution in [0.15, 0.2) is 4.99 Å². The summed E-state index contributed by atoms with van der Waals surface area (Å²) in [6.45, 7) is 6.81. The molecule has 1 aliphatic heterocycles. The molecule has 0 unspecified atom stereocenters. The number of aliphatic hydroxyl groups excluding tert-OH is 2. The Hall–Kier alpha value is -4.92. The van der Waals surface area contributed by atoms with E-state index in [-0.39, 0.29) is 62.2 Å². The molecule has 26 heteroatoms. The number of carbonyl (C=O) groups is 9. The van der Waals surface area contributed by atoms with Gasteiger partial charge in [-0.05, 0) is 50.9 Å². The molecule has 0 aliphatic carbocycles. The predicted octanol–water partition coefficient (Wildman–Crippen LogP) is -6.20. The highest BCUT2D eigenvalue weighted by Crippen LogP contribution is 2.21. The molecule has 0 aromatic carbocycles. The predicted molar refractivity (Wildman–Crippen MR) is 237 cm³/mol. The van der Waals surface area contributed by atoms with E-state index in [1.54, 1.807) is 13.8 Å². The number of aliphatic imine (C=N–C) groups is 1. The molecule has 0 aromatic rings. The van der Waals surface area contributed by atoms with E-state index in [1.165, 1.54) is 11.8 Å². The van der Waals surface area contributed by atoms with Crippen LogP contribution in [0.3, 0.4) is 0 Å². The molecule has 0 radical (unpaired) electrons. The Kier molecular flexibility index (Phi) is 24.9. The number of amides is 9. The summed E-state index contributed by atoms with van der Waals surface area (Å²) in [4.78, 5) is 123. The molecule has 1 saturated heterocycles. The zero-order chi connectivity index (χ0) is 48.1. The van der Waals surface area contributed by atoms with Gasteiger partial charge in [0.15, 0.2) is 5.96 Å². The SMILES string of the molecule is CC(C)C[C@H](NC(=O)[C@H](C)N)C(=O)N[C@@H](CS)C(=O)N[C@@H](CO)C(=O)N[C@@H](CCCN=C(N)N)C(=O)N[C@H](C(=O)N1CCC[C@H]1C(=O)N[C@@H](CS)C(=O)N[C@@H](CO)C(N)=O)C(C)C. The van der Waals surface area contributed by atoms with Crippen molar-refractivity contribution in [2.75, 3.05) is 37.8 Å². The number of primary amides is 1. The lowest BCUT2D eigenvalue weighted by Gasteiger charge is -2.32. The molecule has 1 heterocycles. The van der Waals surface area contributed by atoms with Gasteiger partial charge in [0, 0.05) is 24.6 Å². The van der Waals surface area contributed by atoms with E-state index in [2.05, 4.69) is 67.5 Å². The van der Waals surface area contributed by atoms with Gasteiger partial charge in [0.05, 0.1) is 19.3 Å². The normalized spacial score (nSPS) is 17.4. The molecule has 9 amide bonds. The van der Waals surface area contributed by atoms with Crippen molar-refractivity contribution in [1.82, 2.24) is 42.1 Å². The van der Waals surface area contributed by atoms with Crippen molar-refractivity contribution in [3.05, 3.63) is 0 Å². The number of nitrogens with two attached hydrogens (primary N) is 4. The third-order valence-electron chi connectivity index (χ3n) is 9.69. The Morgan fingerprint density at radius 3 is 1.63 bits per heavy atom. The number of guanidine groups is 1. The van der Waals surface area contributed by atoms with Gasteiger partial charge in [-0.15, -0.1) is 0 Å². The molecule has 0 spiro atoms. The lowest BCUT2D eigenvalue weighted by atomic mass is 10.0. The fourth-order valence-corrected chi connectivity index (χ4v) is 6.69. The molecule has 358 valence electrons. The maximum Gasteiger partial charge on any atom is 0.246 e. The largest absolute Gasteiger partial charge is 0.394 e. The van der Waals surface area contributed by atoms with Crippen LogP contribution in [0, 0.1) is 11.8 Å². The standard InChI is InChI=1S/C37H67N13O11S2/c1-17(2)12-21(44-29(54)19(5)38)31(56)47-24(15-62)34(59)46-23(14-52)32(57)43-20(8-6-10-42-37(40)41)30(55)49-27(18(3)4)36(61)50-11-7-9-26(50)35(60)48-25(16-63)33(58)45-22(13-51)28(39)53/h17-27,51-52,62-63H,6-16,38H2,1-5H3,(H2,39,53)(H,43,57)(H,44,54)(H,45,58)(H,46,59)(H,47,56)(H,48,60)(H,49,55)(H4,40,41,42)/t19-,20-,21-,22-,23-,24-,25-,26-,27-/m0/s1. The summed E-state index contributed by atoms with van der Waals surface area (Å²) in [6.07, 6.45) is 0.863. The first-order valence-corrected chi connectivity index (χ1v) is 21.8. The van der Waals surface area contributed by atoms with E-state index < -0.39 is 127 Å². The Morgan fingerprint density at radius 1 is 0.667 bits per heavy atom. The van der Waals surface area contributed by atoms with Crippen molar-refractivity contribution in [3.8, 4) is 0 Å². The average Bonchev–Trinajstić information content (AvgIpc) is 3.72. The molecule has 24 nitrogen and oxygen atoms in total. The second-order valence-electron chi connectivity index (χ2n) is 15.8. The smallest absolute Gasteiger partial charge is 0.246 e. The van der Waals surface area contributed by atoms with Crippen LogP contribution >= 0.6 is 25.3 Å². The van der Waals surface area contributed by atoms with Gasteiger partial charge in [-0.3, -0.25) is 48.1 Å². The van der Waals surface area contributed by atoms with Crippen LogP contribution in [0.4, 0.5) is 0 Å². The second kappa shape index (κ2) is 28.0. The van der Waals surface area contributed by atoms with Crippen LogP contribution < -0.4 is 60.2 Å². The van der Waals surface area contributed by atoms with Crippen molar-refractivity contribution in [1.29, 1.82) is 0 Å². The van der Waals surface area contributed by atoms with Crippen LogP contribution in [-0.2, 0) is 43.2 Å². The highest BCUT2D eigenvalue weighted by molar-refractivity contribution is 7.80. The monoisotopic (exact) mass is 933 g/mol. The molecule has 1 aliphatic rings. The highest BCUT2D eigenvalue weighted by Gasteiger charge is 2.41. The minimum Gasteiger partial charge on any atom is -0.394 e. The molecule has 0 saturated carbocycles. The molecule has 0 bridgehead atoms. The molecule has 9 atom stereocenters. The Bertz CT molecular complexity index is 1630. The fourth-order valence-electron chi connectivity index (χ4n) is 6.17. The third-order valence-corrected chi connectivity index (χ3v) is 10.4. The first kappa shape index (κ1) is 56.1. The molecule has 1 rings (SSSR count). The number of likely N-dealkylation sites (tertiary alicyclic amines) is 1. The maximum atomic E-state index is 14.1. The second-order valence-corrected chi connectivity index (χ2v) is 16.5. The number of thiol groups is 2. The van der Waals surface area contributed by atoms with Crippen LogP contribution in [0.1, 0.15) is 66.7 Å². The summed E-state index contributed by atoms with van der Waals surface area (Å²) < 4.78 is 0. The van der Waals surface area contributed by atoms with Crippen LogP contribution in [0.5, 0.6) is 0 Å². The topological polar surface area (TPSA) is 398 Å². The summed E-state index contributed by atoms with van der Waals surface area (Å²) in [5.74, 6) is -8.57. The number of nitrogens with one attached hydrogen (secondary N) is 7. The van der Waals surface area contributed by atoms with Gasteiger partial charge in [-0.25, -0.2) is 0 Å². The molecule has 0 aromatic heterocycles. The number of nitrogens with zero attached hydrogens (tertiary/aromatic N) is 2. The quantitative estimate of drug-likeness (QED) is 0.0158. The molecular weight excluding hydrogens is 867 g/mol. The Morgan fingerprint density at radius 2 is 1.14 bits per heavy atom. The summed E-state index contributed by atoms with van der Waals surface area (Å²) in [6, 6.07) is -11.3. The number of hydrogen-bond acceptors (Lipinski definition) is 15. The zero-order valence-corrected chi connectivity index (χ0v) is 38.1. The first-order valence-electron chi connectivity index (χ1n) is 20.5. The lowest BCUT2D eigenvalue weighted by Crippen LogP contribution is -2.61. The first-order chi connectivity index (χ1) is 29.5. The third kappa shape index (κ3) is 18.8. The van der Waals surface area contributed by atoms with Crippen molar-refractivity contribution < 1.29 is 53.4 Å². The van der Waals surface area contributed by atoms with Crippen LogP contribution in [-0.4, -0.2) is 166 Å². The molecule has 17 N–H and O–H groups in total. The van der Waals surface area contributed by atoms with Crippen molar-refractivity contribution >= 4 is 84.4 Å². The van der Waals surface area contributed by atoms with E-state index in [4.69, 9.17) is 22.9 Å². The van der Waals surface area contributed by atoms with Gasteiger partial charge < -0.3 is 75.3 Å². The van der Waals surface area contributed by atoms with Gasteiger partial charge >= 0.3 is 0 Å². The maximum absolute atomic E-state index is 14.1. The molecule has 63 heavy (non-hydrogen) atoms. The highest BCUT2D eigenvalue weighted by atomic mass is 32.1. The Balaban J connectivity index is 3.25. The average molecular weight is 934 g/mol. The van der Waals surface area contributed by atoms with E-state index in [0.29, 0.717) is 6.42 Å². The summed E-state index contributed by atoms with van der Waals surface area (Å²) in [5.41, 5.74) is 21.7. The van der Waals surface area contributed by atoms with E-state index in [0.717, 1.165) is 0 Å². The summed E-state index contributed by atoms with van der Waals surface area (Å²) in [7, 11) is 0. The number of carbonyl (C=O) groups excluding carboxylic acids is 9. The van der Waals surface area contributed by atoms with E-state index in [1.807, 2.05) is 13.8 Å². The van der Waals surface area contributed by atoms with Gasteiger partial charge in [0.1, 0.15) is 48.3 Å². The van der Waals surface area contributed by atoms with Gasteiger partial charge in [-0.2, -0.15) is 25.3 Å². The van der Waals surface area contributed by atoms with E-state index in [9.17, 15) is 53.4 Å². The van der Waals surface area contributed by atoms with Crippen LogP contribution in [0.25, 0.3) is 0 Å². The van der Waals surface area contributed by atoms with Gasteiger partial charge in [0.25, 0.3) is 0 Å². The lowest BCUT2D eigenvalue weighted by molar-refractivity contribution is -0.143. The zero-order valence-electron chi connectivity index (χ0n) is 36.3. The summed E-state index contributed by atoms with van der Waals surface area (Å²) >= 11 is 8.27. The number of hydrogen-bond donors (Lipinski definition) is 15. The summed E-state index contributed by atoms with van der Waals surface area (Å²) in [5, 5.41) is 36.8. The van der Waals surface area contributed by atoms with Crippen LogP contribution in [0.2, 0.25) is 0 Å². The molecular formula is C37H67N13O11S2. The van der Waals surface area contributed by atoms with Crippen molar-refractivity contribution in [2.45, 2.75) is 121 Å². The Labute approximate surface area is 377 Å². The van der Waals surface area contributed by atoms with E-state index >= 15 is 0 Å². The molecule has 1 fully saturated rings. The van der Waals surface area contributed by atoms with Crippen molar-refractivity contribution in [3.63, 3.8) is 0 Å². The number of aliphatic hydroxyl groups is 2. The fraction of sp³-hybridized carbons (Fsp3) is 0.730. The van der Waals surface area contributed by atoms with Crippen molar-refractivity contribution in [2.24, 2.45) is 39.8 Å². The van der Waals surface area contributed by atoms with Gasteiger partial charge in [0.2, 0.25) is 53.2 Å². The number of rotatable bonds is 27. The minimum atomic E-state index is -1.64.